The Kier molecular flexibility index (Phi) is 4.12. The van der Waals surface area contributed by atoms with Crippen LogP contribution in [0.3, 0.4) is 0 Å². The van der Waals surface area contributed by atoms with Gasteiger partial charge in [0, 0.05) is 17.1 Å². The molecule has 0 spiro atoms. The molecule has 1 atom stereocenters. The molecular weight excluding hydrogens is 268 g/mol. The van der Waals surface area contributed by atoms with E-state index in [2.05, 4.69) is 5.32 Å². The number of aryl methyl sites for hydroxylation is 1. The highest BCUT2D eigenvalue weighted by Gasteiger charge is 2.20. The molecule has 2 rings (SSSR count). The van der Waals surface area contributed by atoms with Gasteiger partial charge < -0.3 is 15.0 Å². The van der Waals surface area contributed by atoms with Gasteiger partial charge in [-0.15, -0.1) is 0 Å². The highest BCUT2D eigenvalue weighted by molar-refractivity contribution is 5.98. The Bertz CT molecular complexity index is 674. The zero-order valence-corrected chi connectivity index (χ0v) is 12.3. The molecule has 0 aliphatic heterocycles. The minimum absolute atomic E-state index is 0.375. The lowest BCUT2D eigenvalue weighted by Gasteiger charge is -2.11. The summed E-state index contributed by atoms with van der Waals surface area (Å²) < 4.78 is 1.97. The topological polar surface area (TPSA) is 71.3 Å². The largest absolute Gasteiger partial charge is 0.480 e. The monoisotopic (exact) mass is 286 g/mol. The van der Waals surface area contributed by atoms with Gasteiger partial charge in [-0.1, -0.05) is 18.2 Å². The average molecular weight is 286 g/mol. The van der Waals surface area contributed by atoms with Gasteiger partial charge >= 0.3 is 5.97 Å². The highest BCUT2D eigenvalue weighted by atomic mass is 16.4. The number of benzene rings is 1. The quantitative estimate of drug-likeness (QED) is 0.906. The molecule has 0 aliphatic carbocycles. The smallest absolute Gasteiger partial charge is 0.325 e. The van der Waals surface area contributed by atoms with Crippen molar-refractivity contribution in [2.75, 3.05) is 0 Å². The molecule has 2 aromatic rings. The van der Waals surface area contributed by atoms with Crippen molar-refractivity contribution in [3.8, 4) is 5.69 Å². The van der Waals surface area contributed by atoms with Crippen LogP contribution < -0.4 is 5.32 Å². The summed E-state index contributed by atoms with van der Waals surface area (Å²) in [6.07, 6.45) is 0. The van der Waals surface area contributed by atoms with E-state index in [1.165, 1.54) is 6.92 Å². The number of carbonyl (C=O) groups is 2. The normalized spacial score (nSPS) is 12.0. The lowest BCUT2D eigenvalue weighted by atomic mass is 10.2. The van der Waals surface area contributed by atoms with E-state index < -0.39 is 12.0 Å². The van der Waals surface area contributed by atoms with Gasteiger partial charge in [0.15, 0.2) is 0 Å². The minimum atomic E-state index is -1.06. The lowest BCUT2D eigenvalue weighted by molar-refractivity contribution is -0.138. The van der Waals surface area contributed by atoms with Crippen molar-refractivity contribution in [2.24, 2.45) is 0 Å². The summed E-state index contributed by atoms with van der Waals surface area (Å²) >= 11 is 0. The summed E-state index contributed by atoms with van der Waals surface area (Å²) in [6.45, 7) is 5.20. The molecule has 0 aliphatic rings. The first kappa shape index (κ1) is 14.8. The molecule has 21 heavy (non-hydrogen) atoms. The fourth-order valence-corrected chi connectivity index (χ4v) is 2.30. The van der Waals surface area contributed by atoms with Crippen LogP contribution in [-0.4, -0.2) is 27.6 Å². The van der Waals surface area contributed by atoms with Crippen molar-refractivity contribution in [1.29, 1.82) is 0 Å². The molecule has 110 valence electrons. The number of aromatic nitrogens is 1. The second kappa shape index (κ2) is 5.83. The van der Waals surface area contributed by atoms with Crippen molar-refractivity contribution in [3.05, 3.63) is 53.3 Å². The van der Waals surface area contributed by atoms with Gasteiger partial charge in [0.05, 0.1) is 5.56 Å². The highest BCUT2D eigenvalue weighted by Crippen LogP contribution is 2.20. The SMILES string of the molecule is Cc1cc(C(=O)N[C@@H](C)C(=O)O)c(C)n1-c1ccccc1. The molecule has 1 aromatic carbocycles. The predicted octanol–water partition coefficient (Wildman–Crippen LogP) is 2.30. The third-order valence-electron chi connectivity index (χ3n) is 3.41. The Morgan fingerprint density at radius 1 is 1.19 bits per heavy atom. The molecule has 1 heterocycles. The molecule has 0 radical (unpaired) electrons. The van der Waals surface area contributed by atoms with Crippen LogP contribution in [0, 0.1) is 13.8 Å². The fraction of sp³-hybridized carbons (Fsp3) is 0.250. The molecule has 1 amide bonds. The first-order valence-electron chi connectivity index (χ1n) is 6.70. The molecule has 2 N–H and O–H groups in total. The number of hydrogen-bond acceptors (Lipinski definition) is 2. The third kappa shape index (κ3) is 2.97. The second-order valence-corrected chi connectivity index (χ2v) is 4.99. The summed E-state index contributed by atoms with van der Waals surface area (Å²) in [5, 5.41) is 11.3. The predicted molar refractivity (Wildman–Crippen MR) is 79.8 cm³/mol. The summed E-state index contributed by atoms with van der Waals surface area (Å²) in [5.41, 5.74) is 3.17. The lowest BCUT2D eigenvalue weighted by Crippen LogP contribution is -2.38. The van der Waals surface area contributed by atoms with Crippen LogP contribution in [0.1, 0.15) is 28.7 Å². The maximum atomic E-state index is 12.2. The van der Waals surface area contributed by atoms with Gasteiger partial charge in [0.1, 0.15) is 6.04 Å². The number of nitrogens with one attached hydrogen (secondary N) is 1. The van der Waals surface area contributed by atoms with Crippen LogP contribution in [0.25, 0.3) is 5.69 Å². The van der Waals surface area contributed by atoms with Gasteiger partial charge in [-0.2, -0.15) is 0 Å². The van der Waals surface area contributed by atoms with E-state index >= 15 is 0 Å². The summed E-state index contributed by atoms with van der Waals surface area (Å²) in [7, 11) is 0. The van der Waals surface area contributed by atoms with Crippen molar-refractivity contribution < 1.29 is 14.7 Å². The number of para-hydroxylation sites is 1. The van der Waals surface area contributed by atoms with Crippen LogP contribution in [0.2, 0.25) is 0 Å². The molecule has 0 bridgehead atoms. The van der Waals surface area contributed by atoms with E-state index in [-0.39, 0.29) is 5.91 Å². The average Bonchev–Trinajstić information content (AvgIpc) is 2.74. The third-order valence-corrected chi connectivity index (χ3v) is 3.41. The van der Waals surface area contributed by atoms with Crippen LogP contribution in [0.5, 0.6) is 0 Å². The molecular formula is C16H18N2O3. The molecule has 0 fully saturated rings. The Labute approximate surface area is 123 Å². The molecule has 0 saturated heterocycles. The number of hydrogen-bond donors (Lipinski definition) is 2. The standard InChI is InChI=1S/C16H18N2O3/c1-10-9-14(15(19)17-11(2)16(20)21)12(3)18(10)13-7-5-4-6-8-13/h4-9,11H,1-3H3,(H,17,19)(H,20,21)/t11-/m0/s1. The Morgan fingerprint density at radius 2 is 1.81 bits per heavy atom. The number of carbonyl (C=O) groups excluding carboxylic acids is 1. The van der Waals surface area contributed by atoms with Crippen LogP contribution >= 0.6 is 0 Å². The summed E-state index contributed by atoms with van der Waals surface area (Å²) in [5.74, 6) is -1.43. The van der Waals surface area contributed by atoms with Crippen LogP contribution in [-0.2, 0) is 4.79 Å². The number of aliphatic carboxylic acids is 1. The summed E-state index contributed by atoms with van der Waals surface area (Å²) in [4.78, 5) is 23.0. The van der Waals surface area contributed by atoms with E-state index in [4.69, 9.17) is 5.11 Å². The number of amides is 1. The first-order chi connectivity index (χ1) is 9.91. The van der Waals surface area contributed by atoms with Crippen molar-refractivity contribution in [3.63, 3.8) is 0 Å². The molecule has 5 heteroatoms. The number of carboxylic acid groups (broad SMARTS) is 1. The van der Waals surface area contributed by atoms with E-state index in [1.807, 2.05) is 48.7 Å². The first-order valence-corrected chi connectivity index (χ1v) is 6.70. The second-order valence-electron chi connectivity index (χ2n) is 4.99. The minimum Gasteiger partial charge on any atom is -0.480 e. The Hall–Kier alpha value is -2.56. The number of rotatable bonds is 4. The van der Waals surface area contributed by atoms with Crippen molar-refractivity contribution in [2.45, 2.75) is 26.8 Å². The van der Waals surface area contributed by atoms with Gasteiger partial charge in [0.2, 0.25) is 0 Å². The van der Waals surface area contributed by atoms with Crippen LogP contribution in [0.4, 0.5) is 0 Å². The zero-order valence-electron chi connectivity index (χ0n) is 12.3. The van der Waals surface area contributed by atoms with Crippen molar-refractivity contribution in [1.82, 2.24) is 9.88 Å². The number of nitrogens with zero attached hydrogens (tertiary/aromatic N) is 1. The molecule has 5 nitrogen and oxygen atoms in total. The Morgan fingerprint density at radius 3 is 2.38 bits per heavy atom. The molecule has 1 aromatic heterocycles. The zero-order chi connectivity index (χ0) is 15.6. The molecule has 0 unspecified atom stereocenters. The van der Waals surface area contributed by atoms with Crippen LogP contribution in [0.15, 0.2) is 36.4 Å². The number of carboxylic acids is 1. The van der Waals surface area contributed by atoms with E-state index in [0.29, 0.717) is 5.56 Å². The maximum Gasteiger partial charge on any atom is 0.325 e. The van der Waals surface area contributed by atoms with Gasteiger partial charge in [-0.25, -0.2) is 0 Å². The maximum absolute atomic E-state index is 12.2. The van der Waals surface area contributed by atoms with Gasteiger partial charge in [0.25, 0.3) is 5.91 Å². The Balaban J connectivity index is 2.36. The molecule has 0 saturated carbocycles. The van der Waals surface area contributed by atoms with E-state index in [1.54, 1.807) is 6.07 Å². The summed E-state index contributed by atoms with van der Waals surface area (Å²) in [6, 6.07) is 10.6. The van der Waals surface area contributed by atoms with Gasteiger partial charge in [-0.05, 0) is 39.0 Å². The van der Waals surface area contributed by atoms with E-state index in [0.717, 1.165) is 17.1 Å². The fourth-order valence-electron chi connectivity index (χ4n) is 2.30. The van der Waals surface area contributed by atoms with Crippen molar-refractivity contribution >= 4 is 11.9 Å². The van der Waals surface area contributed by atoms with E-state index in [9.17, 15) is 9.59 Å². The van der Waals surface area contributed by atoms with Gasteiger partial charge in [-0.3, -0.25) is 9.59 Å².